The molecule has 2 aromatic heterocycles. The van der Waals surface area contributed by atoms with Crippen molar-refractivity contribution in [3.8, 4) is 0 Å². The van der Waals surface area contributed by atoms with Crippen LogP contribution in [0.3, 0.4) is 0 Å². The average molecular weight is 453 g/mol. The summed E-state index contributed by atoms with van der Waals surface area (Å²) in [4.78, 5) is 41.5. The molecule has 0 bridgehead atoms. The van der Waals surface area contributed by atoms with Crippen molar-refractivity contribution in [2.45, 2.75) is 13.8 Å². The van der Waals surface area contributed by atoms with Crippen molar-refractivity contribution >= 4 is 45.3 Å². The number of esters is 2. The molecule has 0 aliphatic rings. The molecule has 0 saturated heterocycles. The average Bonchev–Trinajstić information content (AvgIpc) is 2.80. The highest BCUT2D eigenvalue weighted by molar-refractivity contribution is 6.35. The Morgan fingerprint density at radius 3 is 2.19 bits per heavy atom. The smallest absolute Gasteiger partial charge is 0.338 e. The summed E-state index contributed by atoms with van der Waals surface area (Å²) < 4.78 is 9.78. The Labute approximate surface area is 189 Å². The topological polar surface area (TPSA) is 98.4 Å². The molecule has 0 unspecified atom stereocenters. The van der Waals surface area contributed by atoms with Crippen molar-refractivity contribution in [1.29, 1.82) is 0 Å². The largest absolute Gasteiger partial charge is 0.462 e. The van der Waals surface area contributed by atoms with Gasteiger partial charge >= 0.3 is 11.9 Å². The van der Waals surface area contributed by atoms with Gasteiger partial charge in [-0.05, 0) is 50.2 Å². The Kier molecular flexibility index (Phi) is 7.57. The molecular formula is C24H21ClN2O5. The number of H-pyrrole nitrogens is 1. The zero-order chi connectivity index (χ0) is 23.1. The zero-order valence-corrected chi connectivity index (χ0v) is 18.3. The number of carbonyl (C=O) groups is 2. The van der Waals surface area contributed by atoms with Crippen LogP contribution in [-0.2, 0) is 9.47 Å². The zero-order valence-electron chi connectivity index (χ0n) is 17.6. The van der Waals surface area contributed by atoms with Crippen LogP contribution in [-0.4, -0.2) is 35.1 Å². The second kappa shape index (κ2) is 10.5. The molecule has 0 fully saturated rings. The Hall–Kier alpha value is -3.71. The molecule has 0 atom stereocenters. The van der Waals surface area contributed by atoms with Gasteiger partial charge < -0.3 is 14.5 Å². The Balaban J connectivity index is 0.000000181. The van der Waals surface area contributed by atoms with Gasteiger partial charge in [-0.25, -0.2) is 9.59 Å². The molecule has 0 amide bonds. The maximum absolute atomic E-state index is 11.5. The number of carbonyl (C=O) groups excluding carboxylic acids is 2. The lowest BCUT2D eigenvalue weighted by Gasteiger charge is -2.03. The fourth-order valence-corrected chi connectivity index (χ4v) is 3.19. The third-order valence-electron chi connectivity index (χ3n) is 4.47. The van der Waals surface area contributed by atoms with E-state index in [-0.39, 0.29) is 17.4 Å². The molecule has 164 valence electrons. The molecule has 8 heteroatoms. The van der Waals surface area contributed by atoms with Gasteiger partial charge in [-0.2, -0.15) is 0 Å². The molecule has 2 aromatic carbocycles. The number of nitrogens with one attached hydrogen (secondary N) is 1. The Bertz CT molecular complexity index is 1330. The van der Waals surface area contributed by atoms with Gasteiger partial charge in [-0.1, -0.05) is 17.7 Å². The van der Waals surface area contributed by atoms with Gasteiger partial charge in [0.2, 0.25) is 0 Å². The monoisotopic (exact) mass is 452 g/mol. The number of aromatic amines is 1. The van der Waals surface area contributed by atoms with E-state index in [1.54, 1.807) is 68.7 Å². The third kappa shape index (κ3) is 5.31. The molecule has 2 heterocycles. The number of nitrogens with zero attached hydrogens (tertiary/aromatic N) is 1. The van der Waals surface area contributed by atoms with Gasteiger partial charge in [0.05, 0.1) is 40.4 Å². The quantitative estimate of drug-likeness (QED) is 0.448. The molecule has 4 aromatic rings. The highest BCUT2D eigenvalue weighted by atomic mass is 35.5. The first-order valence-electron chi connectivity index (χ1n) is 9.94. The van der Waals surface area contributed by atoms with Crippen LogP contribution in [0.2, 0.25) is 5.02 Å². The number of fused-ring (bicyclic) bond motifs is 2. The summed E-state index contributed by atoms with van der Waals surface area (Å²) in [5.74, 6) is -0.722. The number of ether oxygens (including phenoxy) is 2. The predicted molar refractivity (Wildman–Crippen MR) is 123 cm³/mol. The molecule has 4 rings (SSSR count). The van der Waals surface area contributed by atoms with E-state index in [4.69, 9.17) is 21.1 Å². The van der Waals surface area contributed by atoms with Crippen LogP contribution in [0.1, 0.15) is 34.6 Å². The van der Waals surface area contributed by atoms with Gasteiger partial charge in [-0.3, -0.25) is 9.78 Å². The van der Waals surface area contributed by atoms with Crippen molar-refractivity contribution in [3.05, 3.63) is 87.3 Å². The second-order valence-electron chi connectivity index (χ2n) is 6.57. The van der Waals surface area contributed by atoms with Crippen molar-refractivity contribution in [1.82, 2.24) is 9.97 Å². The number of hydrogen-bond donors (Lipinski definition) is 1. The molecule has 0 saturated carbocycles. The van der Waals surface area contributed by atoms with Gasteiger partial charge in [0.1, 0.15) is 0 Å². The molecule has 7 nitrogen and oxygen atoms in total. The summed E-state index contributed by atoms with van der Waals surface area (Å²) >= 11 is 5.99. The van der Waals surface area contributed by atoms with E-state index >= 15 is 0 Å². The maximum Gasteiger partial charge on any atom is 0.338 e. The van der Waals surface area contributed by atoms with E-state index in [2.05, 4.69) is 9.97 Å². The number of benzene rings is 2. The lowest BCUT2D eigenvalue weighted by Crippen LogP contribution is -2.06. The molecule has 0 aliphatic heterocycles. The van der Waals surface area contributed by atoms with Gasteiger partial charge in [-0.15, -0.1) is 0 Å². The van der Waals surface area contributed by atoms with Crippen LogP contribution in [0.15, 0.2) is 65.7 Å². The highest BCUT2D eigenvalue weighted by Gasteiger charge is 2.09. The fourth-order valence-electron chi connectivity index (χ4n) is 2.97. The Morgan fingerprint density at radius 1 is 0.906 bits per heavy atom. The molecule has 32 heavy (non-hydrogen) atoms. The first-order chi connectivity index (χ1) is 15.4. The SMILES string of the molecule is CCOC(=O)c1ccc2c(=O)cc[nH]c2c1.CCOC(=O)c1ccc2c(Cl)ccnc2c1. The number of pyridine rings is 2. The van der Waals surface area contributed by atoms with Crippen LogP contribution in [0.5, 0.6) is 0 Å². The van der Waals surface area contributed by atoms with Crippen LogP contribution in [0.4, 0.5) is 0 Å². The van der Waals surface area contributed by atoms with Crippen molar-refractivity contribution < 1.29 is 19.1 Å². The van der Waals surface area contributed by atoms with E-state index < -0.39 is 0 Å². The van der Waals surface area contributed by atoms with E-state index in [0.29, 0.717) is 45.8 Å². The van der Waals surface area contributed by atoms with Crippen molar-refractivity contribution in [3.63, 3.8) is 0 Å². The summed E-state index contributed by atoms with van der Waals surface area (Å²) in [6.07, 6.45) is 3.17. The summed E-state index contributed by atoms with van der Waals surface area (Å²) in [5, 5.41) is 2.02. The minimum atomic E-state index is -0.380. The summed E-state index contributed by atoms with van der Waals surface area (Å²) in [5.41, 5.74) is 2.19. The van der Waals surface area contributed by atoms with E-state index in [1.165, 1.54) is 6.07 Å². The predicted octanol–water partition coefficient (Wildman–Crippen LogP) is 4.77. The summed E-state index contributed by atoms with van der Waals surface area (Å²) in [6, 6.07) is 13.1. The lowest BCUT2D eigenvalue weighted by molar-refractivity contribution is 0.0517. The minimum Gasteiger partial charge on any atom is -0.462 e. The molecule has 0 radical (unpaired) electrons. The normalized spacial score (nSPS) is 10.3. The van der Waals surface area contributed by atoms with Crippen LogP contribution >= 0.6 is 11.6 Å². The van der Waals surface area contributed by atoms with E-state index in [1.807, 2.05) is 0 Å². The molecular weight excluding hydrogens is 432 g/mol. The van der Waals surface area contributed by atoms with Crippen molar-refractivity contribution in [2.75, 3.05) is 13.2 Å². The van der Waals surface area contributed by atoms with Gasteiger partial charge in [0.25, 0.3) is 0 Å². The maximum atomic E-state index is 11.5. The van der Waals surface area contributed by atoms with E-state index in [9.17, 15) is 14.4 Å². The van der Waals surface area contributed by atoms with E-state index in [0.717, 1.165) is 5.39 Å². The number of halogens is 1. The summed E-state index contributed by atoms with van der Waals surface area (Å²) in [7, 11) is 0. The first-order valence-corrected chi connectivity index (χ1v) is 10.3. The standard InChI is InChI=1S/C12H10ClNO2.C12H11NO3/c1-2-16-12(15)8-3-4-9-10(13)5-6-14-11(9)7-8;1-2-16-12(15)8-3-4-9-10(7-8)13-6-5-11(9)14/h3-7H,2H2,1H3;3-7H,2H2,1H3,(H,13,14). The van der Waals surface area contributed by atoms with Gasteiger partial charge in [0, 0.05) is 29.2 Å². The number of hydrogen-bond acceptors (Lipinski definition) is 6. The fraction of sp³-hybridized carbons (Fsp3) is 0.167. The summed E-state index contributed by atoms with van der Waals surface area (Å²) in [6.45, 7) is 4.22. The van der Waals surface area contributed by atoms with Gasteiger partial charge in [0.15, 0.2) is 5.43 Å². The van der Waals surface area contributed by atoms with Crippen LogP contribution in [0.25, 0.3) is 21.8 Å². The van der Waals surface area contributed by atoms with Crippen molar-refractivity contribution in [2.24, 2.45) is 0 Å². The first kappa shape index (κ1) is 23.0. The lowest BCUT2D eigenvalue weighted by atomic mass is 10.1. The number of aromatic nitrogens is 2. The Morgan fingerprint density at radius 2 is 1.53 bits per heavy atom. The molecule has 0 aliphatic carbocycles. The minimum absolute atomic E-state index is 0.0656. The molecule has 1 N–H and O–H groups in total. The number of rotatable bonds is 4. The third-order valence-corrected chi connectivity index (χ3v) is 4.80. The molecule has 0 spiro atoms. The highest BCUT2D eigenvalue weighted by Crippen LogP contribution is 2.22. The van der Waals surface area contributed by atoms with Crippen LogP contribution in [0, 0.1) is 0 Å². The van der Waals surface area contributed by atoms with Crippen LogP contribution < -0.4 is 5.43 Å². The second-order valence-corrected chi connectivity index (χ2v) is 6.98.